The molecule has 9 rings (SSSR count). The van der Waals surface area contributed by atoms with Gasteiger partial charge in [0.25, 0.3) is 0 Å². The molecule has 5 aromatic heterocycles. The van der Waals surface area contributed by atoms with Crippen LogP contribution in [0.2, 0.25) is 0 Å². The molecule has 0 saturated heterocycles. The van der Waals surface area contributed by atoms with E-state index in [0.29, 0.717) is 40.0 Å². The van der Waals surface area contributed by atoms with E-state index in [2.05, 4.69) is 39.2 Å². The summed E-state index contributed by atoms with van der Waals surface area (Å²) in [6.45, 7) is 0. The second kappa shape index (κ2) is 15.4. The SMILES string of the molecule is Cn1ccnc1-c1cnc(-n2c3[c-]c(Oc4[c-]c(-c5ccccn5)ccc4)ccc3c3ccc(Oc4[c-]c(-c5ccccn5)ccc4)[c-]c32)nc1.[Pd+2].[Pt+2]. The molecule has 53 heavy (non-hydrogen) atoms. The van der Waals surface area contributed by atoms with Crippen LogP contribution in [0.4, 0.5) is 0 Å². The van der Waals surface area contributed by atoms with Crippen LogP contribution in [0, 0.1) is 24.3 Å². The van der Waals surface area contributed by atoms with Gasteiger partial charge in [0.2, 0.25) is 5.95 Å². The van der Waals surface area contributed by atoms with Gasteiger partial charge in [0.15, 0.2) is 0 Å². The molecule has 0 saturated carbocycles. The number of aryl methyl sites for hydroxylation is 1. The number of pyridine rings is 2. The van der Waals surface area contributed by atoms with Crippen LogP contribution in [-0.4, -0.2) is 34.1 Å². The molecule has 9 aromatic rings. The van der Waals surface area contributed by atoms with Crippen LogP contribution in [0.15, 0.2) is 134 Å². The zero-order chi connectivity index (χ0) is 34.1. The second-order valence-corrected chi connectivity index (χ2v) is 11.6. The Labute approximate surface area is 333 Å². The fraction of sp³-hybridized carbons (Fsp3) is 0.0238. The molecule has 4 aromatic carbocycles. The van der Waals surface area contributed by atoms with Crippen LogP contribution in [-0.2, 0) is 48.5 Å². The van der Waals surface area contributed by atoms with Gasteiger partial charge in [0.05, 0.1) is 5.56 Å². The Hall–Kier alpha value is -5.78. The molecule has 9 nitrogen and oxygen atoms in total. The Bertz CT molecular complexity index is 2520. The third kappa shape index (κ3) is 7.18. The monoisotopic (exact) mass is 960 g/mol. The molecule has 0 spiro atoms. The molecular weight excluding hydrogens is 936 g/mol. The van der Waals surface area contributed by atoms with Gasteiger partial charge in [0, 0.05) is 67.2 Å². The van der Waals surface area contributed by atoms with E-state index in [9.17, 15) is 0 Å². The van der Waals surface area contributed by atoms with Gasteiger partial charge < -0.3 is 28.6 Å². The number of hydrogen-bond donors (Lipinski definition) is 0. The fourth-order valence-corrected chi connectivity index (χ4v) is 5.94. The molecule has 0 radical (unpaired) electrons. The van der Waals surface area contributed by atoms with Gasteiger partial charge in [0.1, 0.15) is 5.82 Å². The minimum absolute atomic E-state index is 0. The number of rotatable bonds is 8. The van der Waals surface area contributed by atoms with Gasteiger partial charge in [-0.25, -0.2) is 15.0 Å². The maximum Gasteiger partial charge on any atom is 2.00 e. The zero-order valence-electron chi connectivity index (χ0n) is 27.8. The molecule has 260 valence electrons. The van der Waals surface area contributed by atoms with Gasteiger partial charge in [-0.3, -0.25) is 0 Å². The van der Waals surface area contributed by atoms with Crippen molar-refractivity contribution in [1.82, 2.24) is 34.1 Å². The molecule has 0 aliphatic carbocycles. The third-order valence-corrected chi connectivity index (χ3v) is 8.31. The van der Waals surface area contributed by atoms with Crippen molar-refractivity contribution in [2.75, 3.05) is 0 Å². The van der Waals surface area contributed by atoms with E-state index in [1.54, 1.807) is 31.0 Å². The van der Waals surface area contributed by atoms with Crippen molar-refractivity contribution in [3.05, 3.63) is 159 Å². The first kappa shape index (κ1) is 35.6. The van der Waals surface area contributed by atoms with E-state index < -0.39 is 0 Å². The van der Waals surface area contributed by atoms with Crippen molar-refractivity contribution in [3.63, 3.8) is 0 Å². The van der Waals surface area contributed by atoms with Crippen LogP contribution in [0.3, 0.4) is 0 Å². The molecular formula is C42H25N7O2PdPt. The maximum atomic E-state index is 6.32. The normalized spacial score (nSPS) is 10.8. The summed E-state index contributed by atoms with van der Waals surface area (Å²) in [7, 11) is 1.93. The van der Waals surface area contributed by atoms with Gasteiger partial charge in [-0.1, -0.05) is 47.4 Å². The van der Waals surface area contributed by atoms with Crippen molar-refractivity contribution in [2.24, 2.45) is 7.05 Å². The van der Waals surface area contributed by atoms with Crippen LogP contribution in [0.5, 0.6) is 23.0 Å². The first-order valence-corrected chi connectivity index (χ1v) is 16.1. The second-order valence-electron chi connectivity index (χ2n) is 11.6. The van der Waals surface area contributed by atoms with Gasteiger partial charge in [-0.05, 0) is 23.5 Å². The number of nitrogens with zero attached hydrogens (tertiary/aromatic N) is 7. The third-order valence-electron chi connectivity index (χ3n) is 8.31. The molecule has 11 heteroatoms. The summed E-state index contributed by atoms with van der Waals surface area (Å²) in [5, 5.41) is 1.85. The Balaban J connectivity index is 0.00000218. The predicted octanol–water partition coefficient (Wildman–Crippen LogP) is 8.88. The largest absolute Gasteiger partial charge is 2.00 e. The Morgan fingerprint density at radius 2 is 1.06 bits per heavy atom. The van der Waals surface area contributed by atoms with Gasteiger partial charge in [-0.15, -0.1) is 71.8 Å². The molecule has 0 amide bonds. The molecule has 0 aliphatic rings. The van der Waals surface area contributed by atoms with Crippen LogP contribution in [0.25, 0.3) is 61.7 Å². The number of aromatic nitrogens is 7. The Morgan fingerprint density at radius 1 is 0.528 bits per heavy atom. The first-order valence-electron chi connectivity index (χ1n) is 16.1. The minimum atomic E-state index is 0. The van der Waals surface area contributed by atoms with Crippen molar-refractivity contribution in [1.29, 1.82) is 0 Å². The predicted molar refractivity (Wildman–Crippen MR) is 193 cm³/mol. The van der Waals surface area contributed by atoms with E-state index >= 15 is 0 Å². The van der Waals surface area contributed by atoms with Crippen LogP contribution >= 0.6 is 0 Å². The van der Waals surface area contributed by atoms with Crippen molar-refractivity contribution in [3.8, 4) is 62.8 Å². The number of imidazole rings is 1. The minimum Gasteiger partial charge on any atom is -0.503 e. The number of fused-ring (bicyclic) bond motifs is 3. The Kier molecular flexibility index (Phi) is 10.4. The van der Waals surface area contributed by atoms with Crippen molar-refractivity contribution < 1.29 is 51.0 Å². The van der Waals surface area contributed by atoms with Crippen molar-refractivity contribution >= 4 is 21.8 Å². The molecule has 0 fully saturated rings. The zero-order valence-corrected chi connectivity index (χ0v) is 31.6. The van der Waals surface area contributed by atoms with E-state index in [0.717, 1.165) is 44.7 Å². The summed E-state index contributed by atoms with van der Waals surface area (Å²) in [6, 6.07) is 44.4. The number of hydrogen-bond acceptors (Lipinski definition) is 7. The molecule has 0 unspecified atom stereocenters. The van der Waals surface area contributed by atoms with E-state index in [-0.39, 0.29) is 41.5 Å². The summed E-state index contributed by atoms with van der Waals surface area (Å²) in [5.41, 5.74) is 5.49. The Morgan fingerprint density at radius 3 is 1.53 bits per heavy atom. The average molecular weight is 961 g/mol. The summed E-state index contributed by atoms with van der Waals surface area (Å²) in [4.78, 5) is 22.9. The summed E-state index contributed by atoms with van der Waals surface area (Å²) in [5.74, 6) is 3.28. The summed E-state index contributed by atoms with van der Waals surface area (Å²) < 4.78 is 16.5. The number of benzene rings is 4. The molecule has 0 atom stereocenters. The smallest absolute Gasteiger partial charge is 0.503 e. The summed E-state index contributed by atoms with van der Waals surface area (Å²) in [6.07, 6.45) is 10.7. The van der Waals surface area contributed by atoms with Gasteiger partial charge in [-0.2, -0.15) is 22.9 Å². The topological polar surface area (TPSA) is 92.8 Å². The average Bonchev–Trinajstić information content (AvgIpc) is 3.76. The van der Waals surface area contributed by atoms with Crippen LogP contribution in [0.1, 0.15) is 0 Å². The molecule has 0 bridgehead atoms. The van der Waals surface area contributed by atoms with Gasteiger partial charge >= 0.3 is 41.5 Å². The molecule has 0 N–H and O–H groups in total. The van der Waals surface area contributed by atoms with E-state index in [4.69, 9.17) is 19.4 Å². The standard InChI is InChI=1S/C42H25N7O2.Pd.Pt/c1-48-21-20-45-41(48)30-26-46-42(47-27-30)49-39-24-33(50-31-10-6-8-28(22-31)37-12-2-4-18-43-37)14-16-35(39)36-17-15-34(25-40(36)49)51-32-11-7-9-29(23-32)38-13-3-5-19-44-38;;/h2-21,26-27H,1H3;;/q-4;2*+2. The molecule has 5 heterocycles. The van der Waals surface area contributed by atoms with E-state index in [1.807, 2.05) is 119 Å². The quantitative estimate of drug-likeness (QED) is 0.111. The first-order chi connectivity index (χ1) is 25.2. The summed E-state index contributed by atoms with van der Waals surface area (Å²) >= 11 is 0. The van der Waals surface area contributed by atoms with E-state index in [1.165, 1.54) is 0 Å². The van der Waals surface area contributed by atoms with Crippen molar-refractivity contribution in [2.45, 2.75) is 0 Å². The maximum absolute atomic E-state index is 6.32. The number of ether oxygens (including phenoxy) is 2. The fourth-order valence-electron chi connectivity index (χ4n) is 5.94. The van der Waals surface area contributed by atoms with Crippen LogP contribution < -0.4 is 9.47 Å². The molecule has 0 aliphatic heterocycles.